The average Bonchev–Trinajstić information content (AvgIpc) is 3.10. The second-order valence-electron chi connectivity index (χ2n) is 15.6. The molecule has 5 heteroatoms. The van der Waals surface area contributed by atoms with Crippen LogP contribution in [0.3, 0.4) is 0 Å². The van der Waals surface area contributed by atoms with E-state index in [1.54, 1.807) is 0 Å². The smallest absolute Gasteiger partial charge is 0.220 e. The number of aliphatic hydroxyl groups excluding tert-OH is 3. The average molecular weight is 696 g/mol. The molecule has 5 nitrogen and oxygen atoms in total. The van der Waals surface area contributed by atoms with Crippen molar-refractivity contribution in [2.75, 3.05) is 6.61 Å². The van der Waals surface area contributed by atoms with E-state index in [-0.39, 0.29) is 12.5 Å². The zero-order valence-electron chi connectivity index (χ0n) is 33.4. The highest BCUT2D eigenvalue weighted by molar-refractivity contribution is 5.76. The predicted octanol–water partition coefficient (Wildman–Crippen LogP) is 12.7. The molecule has 294 valence electrons. The number of aliphatic hydroxyl groups is 3. The monoisotopic (exact) mass is 696 g/mol. The van der Waals surface area contributed by atoms with Gasteiger partial charge in [-0.2, -0.15) is 0 Å². The Kier molecular flexibility index (Phi) is 39.6. The molecule has 1 amide bonds. The summed E-state index contributed by atoms with van der Waals surface area (Å²) in [6, 6.07) is -0.802. The van der Waals surface area contributed by atoms with Gasteiger partial charge in [0.2, 0.25) is 5.91 Å². The van der Waals surface area contributed by atoms with Crippen molar-refractivity contribution in [3.63, 3.8) is 0 Å². The lowest BCUT2D eigenvalue weighted by atomic mass is 9.99. The molecule has 0 saturated carbocycles. The van der Waals surface area contributed by atoms with E-state index >= 15 is 0 Å². The van der Waals surface area contributed by atoms with E-state index in [0.717, 1.165) is 32.1 Å². The van der Waals surface area contributed by atoms with Gasteiger partial charge in [0.15, 0.2) is 0 Å². The Morgan fingerprint density at radius 2 is 0.694 bits per heavy atom. The summed E-state index contributed by atoms with van der Waals surface area (Å²) < 4.78 is 0. The molecule has 0 aromatic heterocycles. The molecule has 0 aliphatic carbocycles. The van der Waals surface area contributed by atoms with Crippen molar-refractivity contribution in [2.24, 2.45) is 0 Å². The molecule has 0 bridgehead atoms. The molecule has 0 aliphatic rings. The predicted molar refractivity (Wildman–Crippen MR) is 213 cm³/mol. The van der Waals surface area contributed by atoms with Gasteiger partial charge in [-0.15, -0.1) is 0 Å². The summed E-state index contributed by atoms with van der Waals surface area (Å²) in [6.45, 7) is 4.19. The van der Waals surface area contributed by atoms with Crippen LogP contribution >= 0.6 is 0 Å². The number of carbonyl (C=O) groups is 1. The van der Waals surface area contributed by atoms with Gasteiger partial charge in [-0.25, -0.2) is 0 Å². The van der Waals surface area contributed by atoms with Crippen LogP contribution in [0.1, 0.15) is 251 Å². The van der Waals surface area contributed by atoms with Gasteiger partial charge in [0.25, 0.3) is 0 Å². The summed E-state index contributed by atoms with van der Waals surface area (Å²) >= 11 is 0. The highest BCUT2D eigenvalue weighted by atomic mass is 16.3. The third kappa shape index (κ3) is 35.5. The van der Waals surface area contributed by atoms with E-state index in [4.69, 9.17) is 0 Å². The van der Waals surface area contributed by atoms with Gasteiger partial charge in [-0.05, 0) is 12.8 Å². The fraction of sp³-hybridized carbons (Fsp3) is 0.977. The number of unbranched alkanes of at least 4 members (excludes halogenated alkanes) is 33. The first kappa shape index (κ1) is 48.3. The van der Waals surface area contributed by atoms with Crippen LogP contribution in [0, 0.1) is 0 Å². The summed E-state index contributed by atoms with van der Waals surface area (Å²) in [6.07, 6.45) is 45.0. The SMILES string of the molecule is CCCCCCCCCCCCCCCCCCCCCCCCC(O)C(O)C(CO)NC(=O)CCCCCCCCCCCCCCC. The summed E-state index contributed by atoms with van der Waals surface area (Å²) in [4.78, 5) is 12.4. The lowest BCUT2D eigenvalue weighted by Gasteiger charge is -2.26. The molecular formula is C44H89NO4. The zero-order valence-corrected chi connectivity index (χ0v) is 33.4. The standard InChI is InChI=1S/C44H89NO4/c1-3-5-7-9-11-13-15-17-18-19-20-21-22-23-24-25-27-28-30-32-34-36-38-42(47)44(49)41(40-46)45-43(48)39-37-35-33-31-29-26-16-14-12-10-8-6-4-2/h41-42,44,46-47,49H,3-40H2,1-2H3,(H,45,48). The minimum absolute atomic E-state index is 0.141. The first-order valence-electron chi connectivity index (χ1n) is 22.3. The van der Waals surface area contributed by atoms with Crippen molar-refractivity contribution in [2.45, 2.75) is 270 Å². The summed E-state index contributed by atoms with van der Waals surface area (Å²) in [7, 11) is 0. The molecule has 0 spiro atoms. The van der Waals surface area contributed by atoms with E-state index in [2.05, 4.69) is 19.2 Å². The van der Waals surface area contributed by atoms with Crippen molar-refractivity contribution in [3.05, 3.63) is 0 Å². The Balaban J connectivity index is 3.55. The highest BCUT2D eigenvalue weighted by Crippen LogP contribution is 2.17. The van der Waals surface area contributed by atoms with Crippen LogP contribution in [0.5, 0.6) is 0 Å². The fourth-order valence-electron chi connectivity index (χ4n) is 7.22. The van der Waals surface area contributed by atoms with E-state index < -0.39 is 18.2 Å². The minimum atomic E-state index is -1.13. The third-order valence-electron chi connectivity index (χ3n) is 10.7. The Morgan fingerprint density at radius 3 is 0.980 bits per heavy atom. The van der Waals surface area contributed by atoms with Crippen LogP contribution in [-0.2, 0) is 4.79 Å². The first-order valence-corrected chi connectivity index (χ1v) is 22.3. The Morgan fingerprint density at radius 1 is 0.429 bits per heavy atom. The molecule has 0 rings (SSSR count). The molecule has 4 N–H and O–H groups in total. The molecule has 0 aromatic rings. The van der Waals surface area contributed by atoms with Gasteiger partial charge < -0.3 is 20.6 Å². The number of carbonyl (C=O) groups excluding carboxylic acids is 1. The lowest BCUT2D eigenvalue weighted by Crippen LogP contribution is -2.50. The number of nitrogens with one attached hydrogen (secondary N) is 1. The quantitative estimate of drug-likeness (QED) is 0.0479. The molecule has 0 aromatic carbocycles. The molecule has 49 heavy (non-hydrogen) atoms. The van der Waals surface area contributed by atoms with Crippen molar-refractivity contribution >= 4 is 5.91 Å². The van der Waals surface area contributed by atoms with E-state index in [0.29, 0.717) is 12.8 Å². The van der Waals surface area contributed by atoms with Crippen LogP contribution < -0.4 is 5.32 Å². The van der Waals surface area contributed by atoms with Crippen molar-refractivity contribution in [1.82, 2.24) is 5.32 Å². The topological polar surface area (TPSA) is 89.8 Å². The van der Waals surface area contributed by atoms with Crippen LogP contribution in [0.2, 0.25) is 0 Å². The summed E-state index contributed by atoms with van der Waals surface area (Å²) in [5.74, 6) is -0.141. The first-order chi connectivity index (χ1) is 24.1. The van der Waals surface area contributed by atoms with Gasteiger partial charge in [-0.3, -0.25) is 4.79 Å². The third-order valence-corrected chi connectivity index (χ3v) is 10.7. The molecule has 3 atom stereocenters. The van der Waals surface area contributed by atoms with Crippen molar-refractivity contribution in [3.8, 4) is 0 Å². The van der Waals surface area contributed by atoms with Crippen molar-refractivity contribution < 1.29 is 20.1 Å². The molecule has 0 radical (unpaired) electrons. The van der Waals surface area contributed by atoms with E-state index in [1.807, 2.05) is 0 Å². The largest absolute Gasteiger partial charge is 0.394 e. The highest BCUT2D eigenvalue weighted by Gasteiger charge is 2.26. The molecule has 0 fully saturated rings. The van der Waals surface area contributed by atoms with Crippen molar-refractivity contribution in [1.29, 1.82) is 0 Å². The van der Waals surface area contributed by atoms with E-state index in [9.17, 15) is 20.1 Å². The van der Waals surface area contributed by atoms with Crippen LogP contribution in [0.4, 0.5) is 0 Å². The van der Waals surface area contributed by atoms with E-state index in [1.165, 1.54) is 193 Å². The van der Waals surface area contributed by atoms with Crippen LogP contribution in [0.25, 0.3) is 0 Å². The van der Waals surface area contributed by atoms with Gasteiger partial charge in [0.1, 0.15) is 6.10 Å². The lowest BCUT2D eigenvalue weighted by molar-refractivity contribution is -0.124. The van der Waals surface area contributed by atoms with Gasteiger partial charge in [0, 0.05) is 6.42 Å². The van der Waals surface area contributed by atoms with Crippen LogP contribution in [-0.4, -0.2) is 46.1 Å². The zero-order chi connectivity index (χ0) is 35.9. The summed E-state index contributed by atoms with van der Waals surface area (Å²) in [5, 5.41) is 33.5. The Labute approximate surface area is 307 Å². The second-order valence-corrected chi connectivity index (χ2v) is 15.6. The maximum absolute atomic E-state index is 12.4. The molecule has 3 unspecified atom stereocenters. The fourth-order valence-corrected chi connectivity index (χ4v) is 7.22. The van der Waals surface area contributed by atoms with Crippen LogP contribution in [0.15, 0.2) is 0 Å². The molecule has 0 saturated heterocycles. The van der Waals surface area contributed by atoms with Gasteiger partial charge in [0.05, 0.1) is 18.8 Å². The maximum Gasteiger partial charge on any atom is 0.220 e. The van der Waals surface area contributed by atoms with Gasteiger partial charge in [-0.1, -0.05) is 232 Å². The normalized spacial score (nSPS) is 13.5. The number of amides is 1. The molecular weight excluding hydrogens is 606 g/mol. The number of hydrogen-bond donors (Lipinski definition) is 4. The molecule has 0 aliphatic heterocycles. The number of rotatable bonds is 41. The molecule has 0 heterocycles. The number of hydrogen-bond acceptors (Lipinski definition) is 4. The minimum Gasteiger partial charge on any atom is -0.394 e. The van der Waals surface area contributed by atoms with Gasteiger partial charge >= 0.3 is 0 Å². The summed E-state index contributed by atoms with van der Waals surface area (Å²) in [5.41, 5.74) is 0. The maximum atomic E-state index is 12.4. The Hall–Kier alpha value is -0.650. The second kappa shape index (κ2) is 40.1. The Bertz CT molecular complexity index is 644.